The first-order valence-corrected chi connectivity index (χ1v) is 6.46. The molecule has 0 saturated heterocycles. The van der Waals surface area contributed by atoms with E-state index in [-0.39, 0.29) is 12.6 Å². The number of carbonyl (C=O) groups excluding carboxylic acids is 1. The highest BCUT2D eigenvalue weighted by molar-refractivity contribution is 5.78. The fraction of sp³-hybridized carbons (Fsp3) is 0.583. The smallest absolute Gasteiger partial charge is 0.328 e. The maximum Gasteiger partial charge on any atom is 0.328 e. The van der Waals surface area contributed by atoms with Gasteiger partial charge >= 0.3 is 5.97 Å². The number of anilines is 2. The van der Waals surface area contributed by atoms with Crippen molar-refractivity contribution in [1.82, 2.24) is 9.97 Å². The average molecular weight is 283 g/mol. The molecular formula is C12H21N5O3. The van der Waals surface area contributed by atoms with Gasteiger partial charge in [-0.15, -0.1) is 0 Å². The molecule has 0 bridgehead atoms. The van der Waals surface area contributed by atoms with Crippen LogP contribution in [0.3, 0.4) is 0 Å². The van der Waals surface area contributed by atoms with Crippen molar-refractivity contribution >= 4 is 17.6 Å². The van der Waals surface area contributed by atoms with Gasteiger partial charge in [0.15, 0.2) is 5.82 Å². The van der Waals surface area contributed by atoms with Crippen molar-refractivity contribution in [2.75, 3.05) is 24.0 Å². The number of hydrazine groups is 1. The van der Waals surface area contributed by atoms with Gasteiger partial charge in [-0.2, -0.15) is 0 Å². The topological polar surface area (TPSA) is 111 Å². The van der Waals surface area contributed by atoms with Crippen molar-refractivity contribution in [3.63, 3.8) is 0 Å². The maximum absolute atomic E-state index is 11.6. The predicted octanol–water partition coefficient (Wildman–Crippen LogP) is 0.662. The van der Waals surface area contributed by atoms with E-state index in [0.717, 1.165) is 0 Å². The first kappa shape index (κ1) is 16.1. The van der Waals surface area contributed by atoms with Gasteiger partial charge in [0, 0.05) is 12.7 Å². The summed E-state index contributed by atoms with van der Waals surface area (Å²) in [5.74, 6) is 6.39. The molecule has 0 aliphatic rings. The van der Waals surface area contributed by atoms with Crippen LogP contribution >= 0.6 is 0 Å². The number of aromatic nitrogens is 2. The second-order valence-electron chi connectivity index (χ2n) is 3.95. The average Bonchev–Trinajstić information content (AvgIpc) is 2.45. The number of esters is 1. The summed E-state index contributed by atoms with van der Waals surface area (Å²) in [4.78, 5) is 20.0. The summed E-state index contributed by atoms with van der Waals surface area (Å²) >= 11 is 0. The van der Waals surface area contributed by atoms with E-state index in [9.17, 15) is 4.79 Å². The third-order valence-corrected chi connectivity index (χ3v) is 2.36. The van der Waals surface area contributed by atoms with Gasteiger partial charge in [0.1, 0.15) is 24.3 Å². The zero-order valence-corrected chi connectivity index (χ0v) is 12.0. The highest BCUT2D eigenvalue weighted by Crippen LogP contribution is 2.12. The summed E-state index contributed by atoms with van der Waals surface area (Å²) in [7, 11) is 0. The lowest BCUT2D eigenvalue weighted by Crippen LogP contribution is -2.29. The molecule has 8 nitrogen and oxygen atoms in total. The molecular weight excluding hydrogens is 262 g/mol. The third kappa shape index (κ3) is 4.98. The fourth-order valence-electron chi connectivity index (χ4n) is 1.45. The van der Waals surface area contributed by atoms with Crippen LogP contribution in [0.15, 0.2) is 6.07 Å². The highest BCUT2D eigenvalue weighted by atomic mass is 16.5. The molecule has 1 aromatic heterocycles. The van der Waals surface area contributed by atoms with E-state index in [1.165, 1.54) is 0 Å². The van der Waals surface area contributed by atoms with Crippen molar-refractivity contribution in [3.05, 3.63) is 11.9 Å². The van der Waals surface area contributed by atoms with Crippen molar-refractivity contribution < 1.29 is 14.3 Å². The number of nitrogens with zero attached hydrogens (tertiary/aromatic N) is 2. The Morgan fingerprint density at radius 1 is 1.35 bits per heavy atom. The Bertz CT molecular complexity index is 441. The van der Waals surface area contributed by atoms with E-state index in [1.54, 1.807) is 19.9 Å². The largest absolute Gasteiger partial charge is 0.464 e. The molecule has 0 aliphatic heterocycles. The normalized spacial score (nSPS) is 11.8. The summed E-state index contributed by atoms with van der Waals surface area (Å²) in [5, 5.41) is 2.94. The zero-order valence-electron chi connectivity index (χ0n) is 12.0. The summed E-state index contributed by atoms with van der Waals surface area (Å²) in [6.45, 7) is 6.50. The SMILES string of the molecule is CCOCc1nc(NN)cc(NC(C)C(=O)OCC)n1. The first-order valence-electron chi connectivity index (χ1n) is 6.46. The molecule has 0 saturated carbocycles. The predicted molar refractivity (Wildman–Crippen MR) is 74.9 cm³/mol. The van der Waals surface area contributed by atoms with E-state index in [0.29, 0.717) is 30.7 Å². The molecule has 20 heavy (non-hydrogen) atoms. The van der Waals surface area contributed by atoms with Crippen molar-refractivity contribution in [2.24, 2.45) is 5.84 Å². The van der Waals surface area contributed by atoms with Crippen molar-refractivity contribution in [2.45, 2.75) is 33.4 Å². The van der Waals surface area contributed by atoms with Crippen LogP contribution in [0.4, 0.5) is 11.6 Å². The Morgan fingerprint density at radius 3 is 2.65 bits per heavy atom. The summed E-state index contributed by atoms with van der Waals surface area (Å²) in [6, 6.07) is 1.08. The molecule has 4 N–H and O–H groups in total. The van der Waals surface area contributed by atoms with Gasteiger partial charge in [-0.3, -0.25) is 0 Å². The van der Waals surface area contributed by atoms with Crippen LogP contribution in [0.25, 0.3) is 0 Å². The lowest BCUT2D eigenvalue weighted by molar-refractivity contribution is -0.143. The highest BCUT2D eigenvalue weighted by Gasteiger charge is 2.15. The minimum atomic E-state index is -0.518. The number of rotatable bonds is 8. The van der Waals surface area contributed by atoms with E-state index in [2.05, 4.69) is 20.7 Å². The number of nitrogens with two attached hydrogens (primary N) is 1. The van der Waals surface area contributed by atoms with Crippen LogP contribution in [0.1, 0.15) is 26.6 Å². The van der Waals surface area contributed by atoms with Crippen LogP contribution in [0.5, 0.6) is 0 Å². The van der Waals surface area contributed by atoms with Crippen LogP contribution in [-0.4, -0.2) is 35.2 Å². The molecule has 8 heteroatoms. The number of hydrogen-bond acceptors (Lipinski definition) is 8. The second kappa shape index (κ2) is 8.28. The Kier molecular flexibility index (Phi) is 6.68. The van der Waals surface area contributed by atoms with Gasteiger partial charge in [-0.25, -0.2) is 20.6 Å². The molecule has 1 rings (SSSR count). The zero-order chi connectivity index (χ0) is 15.0. The van der Waals surface area contributed by atoms with Gasteiger partial charge in [0.05, 0.1) is 6.61 Å². The van der Waals surface area contributed by atoms with Crippen LogP contribution in [0, 0.1) is 0 Å². The number of hydrogen-bond donors (Lipinski definition) is 3. The minimum Gasteiger partial charge on any atom is -0.464 e. The van der Waals surface area contributed by atoms with Crippen molar-refractivity contribution in [1.29, 1.82) is 0 Å². The molecule has 0 amide bonds. The molecule has 0 radical (unpaired) electrons. The minimum absolute atomic E-state index is 0.272. The first-order chi connectivity index (χ1) is 9.60. The number of nitrogens with one attached hydrogen (secondary N) is 2. The van der Waals surface area contributed by atoms with Gasteiger partial charge in [-0.05, 0) is 20.8 Å². The molecule has 1 atom stereocenters. The van der Waals surface area contributed by atoms with Gasteiger partial charge in [0.2, 0.25) is 0 Å². The van der Waals surface area contributed by atoms with E-state index in [4.69, 9.17) is 15.3 Å². The number of ether oxygens (including phenoxy) is 2. The lowest BCUT2D eigenvalue weighted by Gasteiger charge is -2.14. The van der Waals surface area contributed by atoms with E-state index < -0.39 is 6.04 Å². The van der Waals surface area contributed by atoms with Crippen molar-refractivity contribution in [3.8, 4) is 0 Å². The standard InChI is InChI=1S/C12H21N5O3/c1-4-19-7-11-15-9(6-10(16-11)17-13)14-8(3)12(18)20-5-2/h6,8H,4-5,7,13H2,1-3H3,(H2,14,15,16,17). The molecule has 1 aromatic rings. The molecule has 0 aliphatic carbocycles. The molecule has 1 unspecified atom stereocenters. The number of nitrogen functional groups attached to an aromatic ring is 1. The second-order valence-corrected chi connectivity index (χ2v) is 3.95. The van der Waals surface area contributed by atoms with Crippen LogP contribution < -0.4 is 16.6 Å². The Balaban J connectivity index is 2.79. The molecule has 0 spiro atoms. The summed E-state index contributed by atoms with van der Waals surface area (Å²) < 4.78 is 10.2. The van der Waals surface area contributed by atoms with E-state index >= 15 is 0 Å². The maximum atomic E-state index is 11.6. The van der Waals surface area contributed by atoms with Crippen LogP contribution in [0.2, 0.25) is 0 Å². The lowest BCUT2D eigenvalue weighted by atomic mass is 10.3. The summed E-state index contributed by atoms with van der Waals surface area (Å²) in [5.41, 5.74) is 2.45. The quantitative estimate of drug-likeness (QED) is 0.362. The van der Waals surface area contributed by atoms with Gasteiger partial charge in [-0.1, -0.05) is 0 Å². The Morgan fingerprint density at radius 2 is 2.05 bits per heavy atom. The molecule has 0 fully saturated rings. The van der Waals surface area contributed by atoms with Gasteiger partial charge < -0.3 is 20.2 Å². The monoisotopic (exact) mass is 283 g/mol. The van der Waals surface area contributed by atoms with E-state index in [1.807, 2.05) is 6.92 Å². The Labute approximate surface area is 118 Å². The summed E-state index contributed by atoms with van der Waals surface area (Å²) in [6.07, 6.45) is 0. The molecule has 112 valence electrons. The molecule has 1 heterocycles. The third-order valence-electron chi connectivity index (χ3n) is 2.36. The number of carbonyl (C=O) groups is 1. The fourth-order valence-corrected chi connectivity index (χ4v) is 1.45. The van der Waals surface area contributed by atoms with Gasteiger partial charge in [0.25, 0.3) is 0 Å². The molecule has 0 aromatic carbocycles. The Hall–Kier alpha value is -1.93. The van der Waals surface area contributed by atoms with Crippen LogP contribution in [-0.2, 0) is 20.9 Å².